The van der Waals surface area contributed by atoms with Gasteiger partial charge in [0.05, 0.1) is 7.11 Å². The minimum absolute atomic E-state index is 0.711. The SMILES string of the molecule is COc1cccc(CN2CCC3CCC(C2)N3)c1. The van der Waals surface area contributed by atoms with Crippen molar-refractivity contribution in [3.05, 3.63) is 29.8 Å². The maximum atomic E-state index is 5.29. The number of rotatable bonds is 3. The first kappa shape index (κ1) is 12.0. The molecule has 98 valence electrons. The van der Waals surface area contributed by atoms with Crippen LogP contribution in [0.5, 0.6) is 5.75 Å². The van der Waals surface area contributed by atoms with Gasteiger partial charge in [0.1, 0.15) is 5.75 Å². The van der Waals surface area contributed by atoms with Gasteiger partial charge >= 0.3 is 0 Å². The zero-order valence-corrected chi connectivity index (χ0v) is 11.1. The Morgan fingerprint density at radius 2 is 2.17 bits per heavy atom. The molecule has 0 aliphatic carbocycles. The molecule has 3 heteroatoms. The number of methoxy groups -OCH3 is 1. The van der Waals surface area contributed by atoms with Gasteiger partial charge < -0.3 is 10.1 Å². The van der Waals surface area contributed by atoms with Gasteiger partial charge in [0.25, 0.3) is 0 Å². The standard InChI is InChI=1S/C15H22N2O/c1-18-15-4-2-3-12(9-15)10-17-8-7-13-5-6-14(11-17)16-13/h2-4,9,13-14,16H,5-8,10-11H2,1H3. The molecular weight excluding hydrogens is 224 g/mol. The molecule has 1 aromatic carbocycles. The molecule has 2 unspecified atom stereocenters. The molecule has 2 aliphatic rings. The highest BCUT2D eigenvalue weighted by atomic mass is 16.5. The third-order valence-electron chi connectivity index (χ3n) is 4.15. The lowest BCUT2D eigenvalue weighted by molar-refractivity contribution is 0.250. The molecule has 3 rings (SSSR count). The summed E-state index contributed by atoms with van der Waals surface area (Å²) in [6.07, 6.45) is 4.01. The Labute approximate surface area is 109 Å². The number of nitrogens with zero attached hydrogens (tertiary/aromatic N) is 1. The third-order valence-corrected chi connectivity index (χ3v) is 4.15. The normalized spacial score (nSPS) is 28.1. The first-order valence-electron chi connectivity index (χ1n) is 6.95. The van der Waals surface area contributed by atoms with E-state index in [0.29, 0.717) is 6.04 Å². The molecule has 0 radical (unpaired) electrons. The molecule has 2 atom stereocenters. The van der Waals surface area contributed by atoms with Gasteiger partial charge in [-0.05, 0) is 37.0 Å². The summed E-state index contributed by atoms with van der Waals surface area (Å²) in [5, 5.41) is 3.72. The fourth-order valence-electron chi connectivity index (χ4n) is 3.19. The molecule has 1 aromatic rings. The van der Waals surface area contributed by atoms with Gasteiger partial charge in [0, 0.05) is 31.7 Å². The average molecular weight is 246 g/mol. The quantitative estimate of drug-likeness (QED) is 0.883. The monoisotopic (exact) mass is 246 g/mol. The van der Waals surface area contributed by atoms with E-state index in [1.54, 1.807) is 7.11 Å². The van der Waals surface area contributed by atoms with Crippen LogP contribution in [-0.2, 0) is 6.54 Å². The van der Waals surface area contributed by atoms with Gasteiger partial charge in [-0.1, -0.05) is 12.1 Å². The zero-order valence-electron chi connectivity index (χ0n) is 11.1. The van der Waals surface area contributed by atoms with Crippen molar-refractivity contribution >= 4 is 0 Å². The Morgan fingerprint density at radius 1 is 1.28 bits per heavy atom. The predicted molar refractivity (Wildman–Crippen MR) is 72.8 cm³/mol. The van der Waals surface area contributed by atoms with Crippen molar-refractivity contribution in [1.82, 2.24) is 10.2 Å². The summed E-state index contributed by atoms with van der Waals surface area (Å²) in [5.74, 6) is 0.960. The number of likely N-dealkylation sites (tertiary alicyclic amines) is 1. The van der Waals surface area contributed by atoms with Crippen molar-refractivity contribution < 1.29 is 4.74 Å². The van der Waals surface area contributed by atoms with E-state index in [-0.39, 0.29) is 0 Å². The van der Waals surface area contributed by atoms with E-state index in [9.17, 15) is 0 Å². The Morgan fingerprint density at radius 3 is 3.06 bits per heavy atom. The topological polar surface area (TPSA) is 24.5 Å². The smallest absolute Gasteiger partial charge is 0.119 e. The second-order valence-corrected chi connectivity index (χ2v) is 5.51. The lowest BCUT2D eigenvalue weighted by atomic mass is 10.1. The Hall–Kier alpha value is -1.06. The molecule has 2 heterocycles. The molecule has 0 aromatic heterocycles. The van der Waals surface area contributed by atoms with Crippen LogP contribution in [0.15, 0.2) is 24.3 Å². The second kappa shape index (κ2) is 5.29. The summed E-state index contributed by atoms with van der Waals surface area (Å²) in [5.41, 5.74) is 1.35. The van der Waals surface area contributed by atoms with Gasteiger partial charge in [-0.2, -0.15) is 0 Å². The van der Waals surface area contributed by atoms with Gasteiger partial charge in [-0.3, -0.25) is 4.90 Å². The van der Waals surface area contributed by atoms with Crippen LogP contribution in [0.25, 0.3) is 0 Å². The molecule has 0 amide bonds. The van der Waals surface area contributed by atoms with Crippen molar-refractivity contribution in [2.45, 2.75) is 37.9 Å². The van der Waals surface area contributed by atoms with E-state index in [1.165, 1.54) is 37.9 Å². The number of fused-ring (bicyclic) bond motifs is 2. The van der Waals surface area contributed by atoms with Crippen LogP contribution in [0.1, 0.15) is 24.8 Å². The zero-order chi connectivity index (χ0) is 12.4. The Balaban J connectivity index is 1.64. The van der Waals surface area contributed by atoms with E-state index < -0.39 is 0 Å². The minimum Gasteiger partial charge on any atom is -0.497 e. The largest absolute Gasteiger partial charge is 0.497 e. The summed E-state index contributed by atoms with van der Waals surface area (Å²) in [6, 6.07) is 9.91. The Bertz CT molecular complexity index is 407. The Kier molecular flexibility index (Phi) is 3.52. The number of ether oxygens (including phenoxy) is 1. The van der Waals surface area contributed by atoms with E-state index >= 15 is 0 Å². The van der Waals surface area contributed by atoms with Crippen LogP contribution in [0, 0.1) is 0 Å². The van der Waals surface area contributed by atoms with Crippen molar-refractivity contribution in [3.8, 4) is 5.75 Å². The molecule has 2 aliphatic heterocycles. The van der Waals surface area contributed by atoms with Gasteiger partial charge in [0.15, 0.2) is 0 Å². The van der Waals surface area contributed by atoms with E-state index in [4.69, 9.17) is 4.74 Å². The van der Waals surface area contributed by atoms with E-state index in [2.05, 4.69) is 28.4 Å². The van der Waals surface area contributed by atoms with Gasteiger partial charge in [-0.25, -0.2) is 0 Å². The molecule has 2 fully saturated rings. The van der Waals surface area contributed by atoms with Gasteiger partial charge in [-0.15, -0.1) is 0 Å². The number of nitrogens with one attached hydrogen (secondary N) is 1. The molecule has 3 nitrogen and oxygen atoms in total. The number of benzene rings is 1. The first-order chi connectivity index (χ1) is 8.83. The van der Waals surface area contributed by atoms with E-state index in [0.717, 1.165) is 18.3 Å². The van der Waals surface area contributed by atoms with Gasteiger partial charge in [0.2, 0.25) is 0 Å². The third kappa shape index (κ3) is 2.68. The maximum absolute atomic E-state index is 5.29. The predicted octanol–water partition coefficient (Wildman–Crippen LogP) is 2.02. The molecule has 2 saturated heterocycles. The molecule has 0 spiro atoms. The van der Waals surface area contributed by atoms with Crippen LogP contribution in [0.3, 0.4) is 0 Å². The summed E-state index contributed by atoms with van der Waals surface area (Å²) in [4.78, 5) is 2.58. The van der Waals surface area contributed by atoms with Crippen LogP contribution in [-0.4, -0.2) is 37.2 Å². The molecule has 0 saturated carbocycles. The summed E-state index contributed by atoms with van der Waals surface area (Å²) in [7, 11) is 1.73. The highest BCUT2D eigenvalue weighted by molar-refractivity contribution is 5.28. The summed E-state index contributed by atoms with van der Waals surface area (Å²) >= 11 is 0. The lowest BCUT2D eigenvalue weighted by Gasteiger charge is -2.24. The fourth-order valence-corrected chi connectivity index (χ4v) is 3.19. The number of hydrogen-bond acceptors (Lipinski definition) is 3. The van der Waals surface area contributed by atoms with Crippen LogP contribution < -0.4 is 10.1 Å². The second-order valence-electron chi connectivity index (χ2n) is 5.51. The minimum atomic E-state index is 0.711. The molecule has 1 N–H and O–H groups in total. The molecule has 18 heavy (non-hydrogen) atoms. The highest BCUT2D eigenvalue weighted by Crippen LogP contribution is 2.22. The van der Waals surface area contributed by atoms with Crippen LogP contribution in [0.4, 0.5) is 0 Å². The van der Waals surface area contributed by atoms with Crippen molar-refractivity contribution in [1.29, 1.82) is 0 Å². The van der Waals surface area contributed by atoms with Crippen LogP contribution >= 0.6 is 0 Å². The van der Waals surface area contributed by atoms with Crippen molar-refractivity contribution in [2.75, 3.05) is 20.2 Å². The summed E-state index contributed by atoms with van der Waals surface area (Å²) in [6.45, 7) is 3.45. The number of hydrogen-bond donors (Lipinski definition) is 1. The highest BCUT2D eigenvalue weighted by Gasteiger charge is 2.28. The van der Waals surface area contributed by atoms with Crippen molar-refractivity contribution in [3.63, 3.8) is 0 Å². The fraction of sp³-hybridized carbons (Fsp3) is 0.600. The first-order valence-corrected chi connectivity index (χ1v) is 6.95. The maximum Gasteiger partial charge on any atom is 0.119 e. The molecular formula is C15H22N2O. The molecule has 2 bridgehead atoms. The van der Waals surface area contributed by atoms with E-state index in [1.807, 2.05) is 6.07 Å². The van der Waals surface area contributed by atoms with Crippen LogP contribution in [0.2, 0.25) is 0 Å². The average Bonchev–Trinajstić information content (AvgIpc) is 2.73. The van der Waals surface area contributed by atoms with Crippen molar-refractivity contribution in [2.24, 2.45) is 0 Å². The lowest BCUT2D eigenvalue weighted by Crippen LogP contribution is -2.34. The summed E-state index contributed by atoms with van der Waals surface area (Å²) < 4.78 is 5.29.